The number of ether oxygens (including phenoxy) is 2. The number of aryl methyl sites for hydroxylation is 2. The van der Waals surface area contributed by atoms with Crippen molar-refractivity contribution in [2.45, 2.75) is 52.6 Å². The van der Waals surface area contributed by atoms with Gasteiger partial charge < -0.3 is 24.8 Å². The lowest BCUT2D eigenvalue weighted by Crippen LogP contribution is -2.40. The van der Waals surface area contributed by atoms with E-state index in [1.165, 1.54) is 7.11 Å². The van der Waals surface area contributed by atoms with Crippen LogP contribution in [0.2, 0.25) is 0 Å². The number of nitrogens with zero attached hydrogens (tertiary/aromatic N) is 1. The Morgan fingerprint density at radius 3 is 2.38 bits per heavy atom. The van der Waals surface area contributed by atoms with Gasteiger partial charge in [-0.1, -0.05) is 18.6 Å². The van der Waals surface area contributed by atoms with Crippen molar-refractivity contribution in [1.29, 1.82) is 0 Å². The van der Waals surface area contributed by atoms with Crippen LogP contribution >= 0.6 is 0 Å². The number of hydrogen-bond acceptors (Lipinski definition) is 8. The van der Waals surface area contributed by atoms with Gasteiger partial charge >= 0.3 is 6.09 Å². The van der Waals surface area contributed by atoms with Crippen LogP contribution < -0.4 is 0 Å². The molecule has 37 heavy (non-hydrogen) atoms. The molecule has 9 nitrogen and oxygen atoms in total. The van der Waals surface area contributed by atoms with E-state index in [2.05, 4.69) is 4.74 Å². The fraction of sp³-hybridized carbons (Fsp3) is 0.536. The Labute approximate surface area is 217 Å². The van der Waals surface area contributed by atoms with Crippen molar-refractivity contribution in [3.8, 4) is 5.75 Å². The molecule has 0 radical (unpaired) electrons. The number of imide groups is 3. The first-order chi connectivity index (χ1) is 17.6. The van der Waals surface area contributed by atoms with Gasteiger partial charge in [0.2, 0.25) is 11.8 Å². The third-order valence-electron chi connectivity index (χ3n) is 7.49. The molecule has 0 unspecified atom stereocenters. The van der Waals surface area contributed by atoms with Crippen LogP contribution in [0.5, 0.6) is 5.75 Å². The molecule has 4 atom stereocenters. The molecule has 1 aromatic carbocycles. The molecule has 202 valence electrons. The van der Waals surface area contributed by atoms with Crippen molar-refractivity contribution in [3.63, 3.8) is 0 Å². The summed E-state index contributed by atoms with van der Waals surface area (Å²) in [4.78, 5) is 38.6. The number of amides is 3. The van der Waals surface area contributed by atoms with Crippen LogP contribution in [0, 0.1) is 31.6 Å². The van der Waals surface area contributed by atoms with E-state index in [4.69, 9.17) is 4.74 Å². The first-order valence-electron chi connectivity index (χ1n) is 12.5. The summed E-state index contributed by atoms with van der Waals surface area (Å²) >= 11 is 0. The molecule has 0 bridgehead atoms. The standard InChI is InChI=1S/C28H37NO8/c1-6-17(11-18-9-15(2)25(32)16(3)10-18)7-8-22(31)23-19(14-36-4)12-20-24(21(23)13-30)27(34)29(26(20)33)28(35)37-5/h9-11,20-22,24,30-32H,6-8,12-14H2,1-5H3/b17-11+/t20-,21+,22-,24-/m1/s1. The number of benzene rings is 1. The summed E-state index contributed by atoms with van der Waals surface area (Å²) in [5, 5.41) is 31.7. The van der Waals surface area contributed by atoms with E-state index in [1.54, 1.807) is 0 Å². The van der Waals surface area contributed by atoms with Crippen molar-refractivity contribution in [1.82, 2.24) is 4.90 Å². The van der Waals surface area contributed by atoms with Crippen LogP contribution in [0.15, 0.2) is 28.9 Å². The van der Waals surface area contributed by atoms with Gasteiger partial charge in [-0.05, 0) is 79.5 Å². The Balaban J connectivity index is 1.88. The molecule has 3 amide bonds. The Kier molecular flexibility index (Phi) is 9.28. The first-order valence-corrected chi connectivity index (χ1v) is 12.5. The second-order valence-electron chi connectivity index (χ2n) is 9.81. The number of carbonyl (C=O) groups is 3. The molecular formula is C28H37NO8. The SMILES string of the molecule is CC/C(=C\c1cc(C)c(O)c(C)c1)CC[C@@H](O)C1=C(COC)C[C@H]2C(=O)N(C(=O)OC)C(=O)[C@H]2[C@H]1CO. The smallest absolute Gasteiger partial charge is 0.423 e. The van der Waals surface area contributed by atoms with Crippen molar-refractivity contribution >= 4 is 24.0 Å². The highest BCUT2D eigenvalue weighted by atomic mass is 16.5. The predicted octanol–water partition coefficient (Wildman–Crippen LogP) is 3.27. The topological polar surface area (TPSA) is 134 Å². The third-order valence-corrected chi connectivity index (χ3v) is 7.49. The van der Waals surface area contributed by atoms with Crippen LogP contribution in [0.25, 0.3) is 6.08 Å². The van der Waals surface area contributed by atoms with Gasteiger partial charge in [0, 0.05) is 13.0 Å². The first kappa shape index (κ1) is 28.6. The zero-order valence-electron chi connectivity index (χ0n) is 22.1. The number of aliphatic hydroxyl groups is 2. The summed E-state index contributed by atoms with van der Waals surface area (Å²) in [6.45, 7) is 5.40. The van der Waals surface area contributed by atoms with Crippen LogP contribution in [-0.2, 0) is 19.1 Å². The number of aliphatic hydroxyl groups excluding tert-OH is 2. The summed E-state index contributed by atoms with van der Waals surface area (Å²) in [5.41, 5.74) is 4.80. The molecular weight excluding hydrogens is 478 g/mol. The van der Waals surface area contributed by atoms with Crippen molar-refractivity contribution in [2.75, 3.05) is 27.4 Å². The second-order valence-corrected chi connectivity index (χ2v) is 9.81. The van der Waals surface area contributed by atoms with E-state index in [1.807, 2.05) is 39.0 Å². The largest absolute Gasteiger partial charge is 0.507 e. The number of carbonyl (C=O) groups excluding carboxylic acids is 3. The van der Waals surface area contributed by atoms with Crippen LogP contribution in [-0.4, -0.2) is 71.7 Å². The zero-order valence-corrected chi connectivity index (χ0v) is 22.1. The predicted molar refractivity (Wildman–Crippen MR) is 136 cm³/mol. The van der Waals surface area contributed by atoms with Gasteiger partial charge in [-0.3, -0.25) is 9.59 Å². The van der Waals surface area contributed by atoms with Crippen molar-refractivity contribution < 1.29 is 39.2 Å². The maximum absolute atomic E-state index is 13.1. The van der Waals surface area contributed by atoms with Crippen molar-refractivity contribution in [3.05, 3.63) is 45.5 Å². The van der Waals surface area contributed by atoms with E-state index in [-0.39, 0.29) is 18.8 Å². The minimum atomic E-state index is -1.05. The molecule has 1 heterocycles. The molecule has 1 aliphatic carbocycles. The lowest BCUT2D eigenvalue weighted by molar-refractivity contribution is -0.137. The Morgan fingerprint density at radius 2 is 1.84 bits per heavy atom. The van der Waals surface area contributed by atoms with E-state index in [0.29, 0.717) is 28.9 Å². The minimum absolute atomic E-state index is 0.133. The van der Waals surface area contributed by atoms with Gasteiger partial charge in [0.1, 0.15) is 5.75 Å². The summed E-state index contributed by atoms with van der Waals surface area (Å²) < 4.78 is 9.96. The zero-order chi connectivity index (χ0) is 27.4. The fourth-order valence-electron chi connectivity index (χ4n) is 5.67. The number of hydrogen-bond donors (Lipinski definition) is 3. The number of aromatic hydroxyl groups is 1. The molecule has 1 aliphatic heterocycles. The Morgan fingerprint density at radius 1 is 1.19 bits per heavy atom. The molecule has 1 aromatic rings. The summed E-state index contributed by atoms with van der Waals surface area (Å²) in [6.07, 6.45) is 1.84. The Bertz CT molecular complexity index is 1100. The molecule has 0 aromatic heterocycles. The van der Waals surface area contributed by atoms with Gasteiger partial charge in [0.05, 0.1) is 38.3 Å². The van der Waals surface area contributed by atoms with E-state index < -0.39 is 48.4 Å². The van der Waals surface area contributed by atoms with Crippen LogP contribution in [0.1, 0.15) is 49.3 Å². The van der Waals surface area contributed by atoms with Crippen LogP contribution in [0.3, 0.4) is 0 Å². The third kappa shape index (κ3) is 5.63. The maximum Gasteiger partial charge on any atom is 0.423 e. The highest BCUT2D eigenvalue weighted by molar-refractivity contribution is 6.16. The summed E-state index contributed by atoms with van der Waals surface area (Å²) in [5.74, 6) is -3.68. The minimum Gasteiger partial charge on any atom is -0.507 e. The highest BCUT2D eigenvalue weighted by Gasteiger charge is 2.57. The second kappa shape index (κ2) is 12.0. The number of fused-ring (bicyclic) bond motifs is 1. The average molecular weight is 516 g/mol. The quantitative estimate of drug-likeness (QED) is 0.337. The highest BCUT2D eigenvalue weighted by Crippen LogP contribution is 2.46. The van der Waals surface area contributed by atoms with Crippen LogP contribution in [0.4, 0.5) is 4.79 Å². The number of methoxy groups -OCH3 is 2. The molecule has 1 saturated heterocycles. The van der Waals surface area contributed by atoms with E-state index in [9.17, 15) is 29.7 Å². The normalized spacial score (nSPS) is 22.9. The Hall–Kier alpha value is -3.01. The van der Waals surface area contributed by atoms with Crippen molar-refractivity contribution in [2.24, 2.45) is 17.8 Å². The maximum atomic E-state index is 13.1. The number of likely N-dealkylation sites (tertiary alicyclic amines) is 1. The molecule has 3 rings (SSSR count). The van der Waals surface area contributed by atoms with Gasteiger partial charge in [0.25, 0.3) is 0 Å². The van der Waals surface area contributed by atoms with Gasteiger partial charge in [-0.25, -0.2) is 4.79 Å². The lowest BCUT2D eigenvalue weighted by Gasteiger charge is -2.36. The fourth-order valence-corrected chi connectivity index (χ4v) is 5.67. The van der Waals surface area contributed by atoms with Gasteiger partial charge in [-0.2, -0.15) is 4.90 Å². The van der Waals surface area contributed by atoms with E-state index >= 15 is 0 Å². The monoisotopic (exact) mass is 515 g/mol. The van der Waals surface area contributed by atoms with Gasteiger partial charge in [-0.15, -0.1) is 0 Å². The molecule has 2 aliphatic rings. The molecule has 1 fully saturated rings. The number of rotatable bonds is 9. The molecule has 0 saturated carbocycles. The lowest BCUT2D eigenvalue weighted by atomic mass is 9.68. The van der Waals surface area contributed by atoms with E-state index in [0.717, 1.165) is 35.8 Å². The molecule has 0 spiro atoms. The molecule has 3 N–H and O–H groups in total. The number of phenolic OH excluding ortho intramolecular Hbond substituents is 1. The number of phenols is 1. The molecule has 9 heteroatoms. The number of allylic oxidation sites excluding steroid dienone is 1. The van der Waals surface area contributed by atoms with Gasteiger partial charge in [0.15, 0.2) is 0 Å². The summed E-state index contributed by atoms with van der Waals surface area (Å²) in [7, 11) is 2.59. The average Bonchev–Trinajstić information content (AvgIpc) is 3.12. The summed E-state index contributed by atoms with van der Waals surface area (Å²) in [6, 6.07) is 3.82.